The molecule has 6 rings (SSSR count). The summed E-state index contributed by atoms with van der Waals surface area (Å²) in [4.78, 5) is 53.8. The van der Waals surface area contributed by atoms with Gasteiger partial charge < -0.3 is 5.11 Å². The minimum atomic E-state index is -1.87. The van der Waals surface area contributed by atoms with E-state index < -0.39 is 45.2 Å². The molecule has 11 heteroatoms. The Morgan fingerprint density at radius 2 is 1.62 bits per heavy atom. The Bertz CT molecular complexity index is 1520. The Morgan fingerprint density at radius 3 is 2.23 bits per heavy atom. The van der Waals surface area contributed by atoms with Gasteiger partial charge in [-0.05, 0) is 96.2 Å². The number of carbonyl (C=O) groups excluding carboxylic acids is 4. The number of anilines is 1. The number of carbonyl (C=O) groups is 4. The predicted molar refractivity (Wildman–Crippen MR) is 163 cm³/mol. The van der Waals surface area contributed by atoms with E-state index in [4.69, 9.17) is 23.2 Å². The Hall–Kier alpha value is -1.95. The van der Waals surface area contributed by atoms with Gasteiger partial charge in [-0.1, -0.05) is 39.7 Å². The van der Waals surface area contributed by atoms with Crippen LogP contribution in [0.4, 0.5) is 5.69 Å². The fraction of sp³-hybridized carbons (Fsp3) is 0.379. The summed E-state index contributed by atoms with van der Waals surface area (Å²) in [7, 11) is 0. The minimum Gasteiger partial charge on any atom is -0.507 e. The van der Waals surface area contributed by atoms with Crippen molar-refractivity contribution in [1.29, 1.82) is 0 Å². The van der Waals surface area contributed by atoms with Crippen molar-refractivity contribution in [2.24, 2.45) is 17.8 Å². The molecule has 2 heterocycles. The van der Waals surface area contributed by atoms with Crippen LogP contribution in [0.5, 0.6) is 5.75 Å². The van der Waals surface area contributed by atoms with E-state index in [-0.39, 0.29) is 29.4 Å². The summed E-state index contributed by atoms with van der Waals surface area (Å²) >= 11 is 19.9. The summed E-state index contributed by atoms with van der Waals surface area (Å²) in [5, 5.41) is 10.5. The van der Waals surface area contributed by atoms with Crippen LogP contribution in [-0.4, -0.2) is 48.8 Å². The van der Waals surface area contributed by atoms with Gasteiger partial charge in [0.2, 0.25) is 11.8 Å². The topological polar surface area (TPSA) is 95.0 Å². The van der Waals surface area contributed by atoms with Crippen LogP contribution in [0.1, 0.15) is 35.4 Å². The molecule has 0 unspecified atom stereocenters. The van der Waals surface area contributed by atoms with E-state index in [1.54, 1.807) is 38.1 Å². The SMILES string of the molecule is Cc1cc([C@H]2C3=CC[C@@H]4C(=O)N(c5ccc(I)cc5)C(=O)[C@@H]4[C@@H]3C[C@@]3(Cl)C(=O)N(CBr)C(=O)[C@@]23Cl)cc(C)c1O. The van der Waals surface area contributed by atoms with E-state index in [1.807, 2.05) is 18.2 Å². The number of hydrogen-bond acceptors (Lipinski definition) is 5. The summed E-state index contributed by atoms with van der Waals surface area (Å²) < 4.78 is 0.972. The maximum absolute atomic E-state index is 14.0. The molecule has 2 aliphatic heterocycles. The number of allylic oxidation sites excluding steroid dienone is 2. The highest BCUT2D eigenvalue weighted by atomic mass is 127. The number of phenols is 1. The zero-order chi connectivity index (χ0) is 28.9. The van der Waals surface area contributed by atoms with Gasteiger partial charge in [-0.2, -0.15) is 0 Å². The van der Waals surface area contributed by atoms with E-state index in [9.17, 15) is 24.3 Å². The number of fused-ring (bicyclic) bond motifs is 4. The van der Waals surface area contributed by atoms with Crippen molar-refractivity contribution in [3.05, 3.63) is 68.3 Å². The third-order valence-corrected chi connectivity index (χ3v) is 11.6. The Balaban J connectivity index is 1.53. The molecule has 4 aliphatic rings. The molecule has 2 saturated heterocycles. The summed E-state index contributed by atoms with van der Waals surface area (Å²) in [5.74, 6) is -4.60. The highest BCUT2D eigenvalue weighted by Crippen LogP contribution is 2.65. The van der Waals surface area contributed by atoms with E-state index in [2.05, 4.69) is 38.5 Å². The van der Waals surface area contributed by atoms with Crippen molar-refractivity contribution in [3.8, 4) is 5.75 Å². The second-order valence-corrected chi connectivity index (χ2v) is 14.0. The summed E-state index contributed by atoms with van der Waals surface area (Å²) in [6.07, 6.45) is 2.14. The van der Waals surface area contributed by atoms with Crippen LogP contribution < -0.4 is 4.90 Å². The van der Waals surface area contributed by atoms with Crippen LogP contribution in [0.15, 0.2) is 48.0 Å². The molecule has 2 aliphatic carbocycles. The van der Waals surface area contributed by atoms with Crippen molar-refractivity contribution < 1.29 is 24.3 Å². The van der Waals surface area contributed by atoms with Crippen LogP contribution in [0.2, 0.25) is 0 Å². The van der Waals surface area contributed by atoms with Crippen LogP contribution in [0, 0.1) is 35.2 Å². The number of rotatable bonds is 3. The number of imide groups is 2. The number of likely N-dealkylation sites (tertiary alicyclic amines) is 1. The Kier molecular flexibility index (Phi) is 6.72. The fourth-order valence-electron chi connectivity index (χ4n) is 7.13. The van der Waals surface area contributed by atoms with Crippen LogP contribution in [0.25, 0.3) is 0 Å². The first-order valence-electron chi connectivity index (χ1n) is 12.8. The average molecular weight is 758 g/mol. The smallest absolute Gasteiger partial charge is 0.254 e. The molecular formula is C29H24BrCl2IN2O5. The number of amides is 4. The van der Waals surface area contributed by atoms with Gasteiger partial charge in [0, 0.05) is 9.49 Å². The normalized spacial score (nSPS) is 33.2. The maximum atomic E-state index is 14.0. The molecule has 6 atom stereocenters. The molecule has 1 saturated carbocycles. The number of aromatic hydroxyl groups is 1. The molecule has 40 heavy (non-hydrogen) atoms. The number of aryl methyl sites for hydroxylation is 2. The molecule has 2 aromatic rings. The van der Waals surface area contributed by atoms with Crippen molar-refractivity contribution in [1.82, 2.24) is 4.90 Å². The quantitative estimate of drug-likeness (QED) is 0.146. The van der Waals surface area contributed by atoms with Crippen LogP contribution >= 0.6 is 61.7 Å². The fourth-order valence-corrected chi connectivity index (χ4v) is 8.91. The minimum absolute atomic E-state index is 0.0643. The highest BCUT2D eigenvalue weighted by Gasteiger charge is 2.76. The first kappa shape index (κ1) is 28.2. The average Bonchev–Trinajstić information content (AvgIpc) is 3.25. The van der Waals surface area contributed by atoms with Gasteiger partial charge >= 0.3 is 0 Å². The van der Waals surface area contributed by atoms with E-state index in [0.29, 0.717) is 28.8 Å². The monoisotopic (exact) mass is 756 g/mol. The zero-order valence-corrected chi connectivity index (χ0v) is 26.7. The maximum Gasteiger partial charge on any atom is 0.254 e. The number of benzene rings is 2. The van der Waals surface area contributed by atoms with Gasteiger partial charge in [0.1, 0.15) is 5.75 Å². The van der Waals surface area contributed by atoms with Crippen molar-refractivity contribution in [2.75, 3.05) is 10.4 Å². The Morgan fingerprint density at radius 1 is 1.00 bits per heavy atom. The van der Waals surface area contributed by atoms with Crippen molar-refractivity contribution >= 4 is 91.0 Å². The third-order valence-electron chi connectivity index (χ3n) is 8.95. The summed E-state index contributed by atoms with van der Waals surface area (Å²) in [5.41, 5.74) is 2.91. The number of halogens is 4. The van der Waals surface area contributed by atoms with Crippen molar-refractivity contribution in [2.45, 2.75) is 42.4 Å². The molecular weight excluding hydrogens is 734 g/mol. The van der Waals surface area contributed by atoms with E-state index in [1.165, 1.54) is 4.90 Å². The second-order valence-electron chi connectivity index (χ2n) is 11.0. The van der Waals surface area contributed by atoms with Crippen LogP contribution in [-0.2, 0) is 19.2 Å². The van der Waals surface area contributed by atoms with E-state index >= 15 is 0 Å². The predicted octanol–water partition coefficient (Wildman–Crippen LogP) is 5.53. The summed E-state index contributed by atoms with van der Waals surface area (Å²) in [6.45, 7) is 3.49. The largest absolute Gasteiger partial charge is 0.507 e. The zero-order valence-electron chi connectivity index (χ0n) is 21.5. The number of nitrogens with zero attached hydrogens (tertiary/aromatic N) is 2. The Labute approximate surface area is 263 Å². The van der Waals surface area contributed by atoms with Gasteiger partial charge in [0.25, 0.3) is 11.8 Å². The lowest BCUT2D eigenvalue weighted by Crippen LogP contribution is -2.60. The molecule has 0 radical (unpaired) electrons. The number of hydrogen-bond donors (Lipinski definition) is 1. The molecule has 1 N–H and O–H groups in total. The highest BCUT2D eigenvalue weighted by molar-refractivity contribution is 14.1. The van der Waals surface area contributed by atoms with Gasteiger partial charge in [-0.3, -0.25) is 29.0 Å². The first-order valence-corrected chi connectivity index (χ1v) is 15.8. The lowest BCUT2D eigenvalue weighted by atomic mass is 9.56. The molecule has 208 valence electrons. The molecule has 0 spiro atoms. The molecule has 3 fully saturated rings. The van der Waals surface area contributed by atoms with Gasteiger partial charge in [-0.25, -0.2) is 0 Å². The second kappa shape index (κ2) is 9.54. The van der Waals surface area contributed by atoms with Gasteiger partial charge in [0.05, 0.1) is 23.0 Å². The number of phenolic OH excluding ortho intramolecular Hbond substituents is 1. The standard InChI is InChI=1S/C29H24BrCl2IN2O5/c1-13-9-15(10-14(2)23(13)36)22-18-7-8-19-21(25(38)35(24(19)37)17-5-3-16(33)4-6-17)20(18)11-28(31)26(39)34(12-30)27(40)29(22,28)32/h3-7,9-10,19-22,36H,8,11-12H2,1-2H3/t19-,20+,21-,22-,28+,29-/m0/s1. The third kappa shape index (κ3) is 3.59. The lowest BCUT2D eigenvalue weighted by Gasteiger charge is -2.51. The van der Waals surface area contributed by atoms with Crippen LogP contribution in [0.3, 0.4) is 0 Å². The lowest BCUT2D eigenvalue weighted by molar-refractivity contribution is -0.138. The first-order chi connectivity index (χ1) is 18.9. The molecule has 0 aromatic heterocycles. The van der Waals surface area contributed by atoms with Gasteiger partial charge in [0.15, 0.2) is 9.75 Å². The molecule has 0 bridgehead atoms. The molecule has 7 nitrogen and oxygen atoms in total. The van der Waals surface area contributed by atoms with Crippen molar-refractivity contribution in [3.63, 3.8) is 0 Å². The summed E-state index contributed by atoms with van der Waals surface area (Å²) in [6, 6.07) is 10.7. The van der Waals surface area contributed by atoms with E-state index in [0.717, 1.165) is 14.0 Å². The van der Waals surface area contributed by atoms with Gasteiger partial charge in [-0.15, -0.1) is 23.2 Å². The molecule has 2 aromatic carbocycles. The number of alkyl halides is 3. The molecule has 4 amide bonds.